The van der Waals surface area contributed by atoms with Crippen LogP contribution >= 0.6 is 0 Å². The van der Waals surface area contributed by atoms with Gasteiger partial charge in [-0.3, -0.25) is 4.99 Å². The van der Waals surface area contributed by atoms with Crippen LogP contribution in [0.2, 0.25) is 0 Å². The van der Waals surface area contributed by atoms with Crippen molar-refractivity contribution in [3.8, 4) is 5.75 Å². The van der Waals surface area contributed by atoms with E-state index in [1.807, 2.05) is 48.5 Å². The molecule has 4 N–H and O–H groups in total. The lowest BCUT2D eigenvalue weighted by molar-refractivity contribution is 0.417. The number of guanidine groups is 1. The van der Waals surface area contributed by atoms with Gasteiger partial charge in [0.25, 0.3) is 0 Å². The fraction of sp³-hybridized carbons (Fsp3) is 0.222. The number of rotatable bonds is 6. The predicted octanol–water partition coefficient (Wildman–Crippen LogP) is 2.93. The standard InChI is InChI=1S/C18H21N5O/c1-24-16-10-5-4-9-15(16)23-18(19)20-12-6-11-17-21-13-7-2-3-8-14(13)22-17/h2-5,7-10H,6,11-12H2,1H3,(H,21,22)(H3,19,20,23). The summed E-state index contributed by atoms with van der Waals surface area (Å²) in [5, 5.41) is 3.06. The van der Waals surface area contributed by atoms with Crippen LogP contribution in [0.3, 0.4) is 0 Å². The average Bonchev–Trinajstić information content (AvgIpc) is 3.02. The smallest absolute Gasteiger partial charge is 0.193 e. The van der Waals surface area contributed by atoms with Gasteiger partial charge < -0.3 is 20.8 Å². The van der Waals surface area contributed by atoms with Crippen molar-refractivity contribution in [2.24, 2.45) is 10.7 Å². The van der Waals surface area contributed by atoms with Gasteiger partial charge in [0.15, 0.2) is 5.96 Å². The first kappa shape index (κ1) is 15.9. The highest BCUT2D eigenvalue weighted by atomic mass is 16.5. The van der Waals surface area contributed by atoms with E-state index in [-0.39, 0.29) is 0 Å². The summed E-state index contributed by atoms with van der Waals surface area (Å²) < 4.78 is 5.27. The molecule has 0 bridgehead atoms. The minimum absolute atomic E-state index is 0.379. The van der Waals surface area contributed by atoms with Crippen LogP contribution in [0.15, 0.2) is 53.5 Å². The maximum atomic E-state index is 5.93. The van der Waals surface area contributed by atoms with E-state index in [4.69, 9.17) is 10.5 Å². The highest BCUT2D eigenvalue weighted by Gasteiger charge is 2.03. The van der Waals surface area contributed by atoms with E-state index in [2.05, 4.69) is 20.3 Å². The Morgan fingerprint density at radius 2 is 2.00 bits per heavy atom. The summed E-state index contributed by atoms with van der Waals surface area (Å²) in [5.41, 5.74) is 8.79. The van der Waals surface area contributed by atoms with Crippen LogP contribution in [-0.4, -0.2) is 29.6 Å². The van der Waals surface area contributed by atoms with Gasteiger partial charge in [-0.15, -0.1) is 0 Å². The van der Waals surface area contributed by atoms with Gasteiger partial charge in [-0.2, -0.15) is 0 Å². The molecule has 0 aliphatic rings. The molecule has 0 spiro atoms. The molecular weight excluding hydrogens is 302 g/mol. The molecule has 0 aliphatic carbocycles. The Kier molecular flexibility index (Phi) is 4.96. The van der Waals surface area contributed by atoms with E-state index < -0.39 is 0 Å². The Hall–Kier alpha value is -3.02. The molecule has 0 saturated heterocycles. The maximum absolute atomic E-state index is 5.93. The largest absolute Gasteiger partial charge is 0.495 e. The molecule has 0 unspecified atom stereocenters. The van der Waals surface area contributed by atoms with Crippen molar-refractivity contribution in [1.29, 1.82) is 0 Å². The fourth-order valence-corrected chi connectivity index (χ4v) is 2.50. The summed E-state index contributed by atoms with van der Waals surface area (Å²) in [4.78, 5) is 12.2. The number of aromatic nitrogens is 2. The molecular formula is C18H21N5O. The van der Waals surface area contributed by atoms with Gasteiger partial charge in [0.1, 0.15) is 11.6 Å². The number of aromatic amines is 1. The summed E-state index contributed by atoms with van der Waals surface area (Å²) in [6.07, 6.45) is 1.70. The predicted molar refractivity (Wildman–Crippen MR) is 97.5 cm³/mol. The Balaban J connectivity index is 1.52. The summed E-state index contributed by atoms with van der Waals surface area (Å²) in [6, 6.07) is 15.6. The fourth-order valence-electron chi connectivity index (χ4n) is 2.50. The number of methoxy groups -OCH3 is 1. The lowest BCUT2D eigenvalue weighted by atomic mass is 10.3. The van der Waals surface area contributed by atoms with Crippen LogP contribution in [-0.2, 0) is 6.42 Å². The average molecular weight is 323 g/mol. The summed E-state index contributed by atoms with van der Waals surface area (Å²) in [5.74, 6) is 2.09. The van der Waals surface area contributed by atoms with E-state index in [1.165, 1.54) is 0 Å². The van der Waals surface area contributed by atoms with Crippen LogP contribution in [0.25, 0.3) is 11.0 Å². The monoisotopic (exact) mass is 323 g/mol. The minimum atomic E-state index is 0.379. The lowest BCUT2D eigenvalue weighted by Gasteiger charge is -2.09. The molecule has 124 valence electrons. The van der Waals surface area contributed by atoms with Crippen molar-refractivity contribution in [3.05, 3.63) is 54.4 Å². The van der Waals surface area contributed by atoms with E-state index in [1.54, 1.807) is 7.11 Å². The molecule has 3 rings (SSSR count). The van der Waals surface area contributed by atoms with Crippen molar-refractivity contribution in [3.63, 3.8) is 0 Å². The maximum Gasteiger partial charge on any atom is 0.193 e. The third-order valence-corrected chi connectivity index (χ3v) is 3.66. The molecule has 0 atom stereocenters. The first-order chi connectivity index (χ1) is 11.8. The number of H-pyrrole nitrogens is 1. The van der Waals surface area contributed by atoms with Crippen molar-refractivity contribution in [2.45, 2.75) is 12.8 Å². The Bertz CT molecular complexity index is 807. The quantitative estimate of drug-likeness (QED) is 0.370. The molecule has 3 aromatic rings. The Morgan fingerprint density at radius 3 is 2.83 bits per heavy atom. The first-order valence-corrected chi connectivity index (χ1v) is 7.90. The van der Waals surface area contributed by atoms with E-state index >= 15 is 0 Å². The van der Waals surface area contributed by atoms with Crippen LogP contribution < -0.4 is 15.8 Å². The molecule has 0 aliphatic heterocycles. The molecule has 1 heterocycles. The number of nitrogens with zero attached hydrogens (tertiary/aromatic N) is 2. The SMILES string of the molecule is COc1ccccc1NC(N)=NCCCc1nc2ccccc2[nH]1. The molecule has 0 radical (unpaired) electrons. The second kappa shape index (κ2) is 7.50. The minimum Gasteiger partial charge on any atom is -0.495 e. The molecule has 0 amide bonds. The highest BCUT2D eigenvalue weighted by Crippen LogP contribution is 2.22. The molecule has 0 saturated carbocycles. The second-order valence-electron chi connectivity index (χ2n) is 5.40. The molecule has 6 heteroatoms. The van der Waals surface area contributed by atoms with Gasteiger partial charge in [-0.25, -0.2) is 4.98 Å². The number of nitrogens with one attached hydrogen (secondary N) is 2. The van der Waals surface area contributed by atoms with Crippen LogP contribution in [0.5, 0.6) is 5.75 Å². The molecule has 2 aromatic carbocycles. The number of imidazole rings is 1. The summed E-state index contributed by atoms with van der Waals surface area (Å²) in [6.45, 7) is 0.630. The van der Waals surface area contributed by atoms with Gasteiger partial charge in [0.2, 0.25) is 0 Å². The number of aliphatic imine (C=N–C) groups is 1. The number of nitrogens with two attached hydrogens (primary N) is 1. The van der Waals surface area contributed by atoms with Gasteiger partial charge in [-0.1, -0.05) is 24.3 Å². The normalized spacial score (nSPS) is 11.6. The highest BCUT2D eigenvalue weighted by molar-refractivity contribution is 5.93. The molecule has 24 heavy (non-hydrogen) atoms. The molecule has 6 nitrogen and oxygen atoms in total. The van der Waals surface area contributed by atoms with Gasteiger partial charge in [-0.05, 0) is 30.7 Å². The van der Waals surface area contributed by atoms with Gasteiger partial charge in [0.05, 0.1) is 23.8 Å². The van der Waals surface area contributed by atoms with Crippen LogP contribution in [0, 0.1) is 0 Å². The summed E-state index contributed by atoms with van der Waals surface area (Å²) in [7, 11) is 1.63. The van der Waals surface area contributed by atoms with Gasteiger partial charge in [0, 0.05) is 13.0 Å². The topological polar surface area (TPSA) is 88.3 Å². The number of anilines is 1. The number of hydrogen-bond acceptors (Lipinski definition) is 3. The zero-order valence-corrected chi connectivity index (χ0v) is 13.6. The number of hydrogen-bond donors (Lipinski definition) is 3. The molecule has 0 fully saturated rings. The third-order valence-electron chi connectivity index (χ3n) is 3.66. The number of para-hydroxylation sites is 4. The zero-order valence-electron chi connectivity index (χ0n) is 13.6. The lowest BCUT2D eigenvalue weighted by Crippen LogP contribution is -2.23. The van der Waals surface area contributed by atoms with Gasteiger partial charge >= 0.3 is 0 Å². The number of benzene rings is 2. The number of aryl methyl sites for hydroxylation is 1. The number of ether oxygens (including phenoxy) is 1. The molecule has 1 aromatic heterocycles. The van der Waals surface area contributed by atoms with Crippen molar-refractivity contribution in [1.82, 2.24) is 9.97 Å². The summed E-state index contributed by atoms with van der Waals surface area (Å²) >= 11 is 0. The van der Waals surface area contributed by atoms with Crippen LogP contribution in [0.1, 0.15) is 12.2 Å². The Morgan fingerprint density at radius 1 is 1.21 bits per heavy atom. The van der Waals surface area contributed by atoms with Crippen molar-refractivity contribution >= 4 is 22.7 Å². The second-order valence-corrected chi connectivity index (χ2v) is 5.40. The Labute approximate surface area is 140 Å². The van der Waals surface area contributed by atoms with Crippen molar-refractivity contribution < 1.29 is 4.74 Å². The van der Waals surface area contributed by atoms with Crippen LogP contribution in [0.4, 0.5) is 5.69 Å². The zero-order chi connectivity index (χ0) is 16.8. The number of fused-ring (bicyclic) bond motifs is 1. The van der Waals surface area contributed by atoms with E-state index in [9.17, 15) is 0 Å². The van der Waals surface area contributed by atoms with E-state index in [0.29, 0.717) is 12.5 Å². The first-order valence-electron chi connectivity index (χ1n) is 7.90. The third kappa shape index (κ3) is 3.84. The van der Waals surface area contributed by atoms with E-state index in [0.717, 1.165) is 41.1 Å². The van der Waals surface area contributed by atoms with Crippen molar-refractivity contribution in [2.75, 3.05) is 19.0 Å².